The second kappa shape index (κ2) is 4.45. The third-order valence-corrected chi connectivity index (χ3v) is 3.91. The van der Waals surface area contributed by atoms with Crippen molar-refractivity contribution >= 4 is 22.4 Å². The molecule has 0 saturated heterocycles. The third-order valence-electron chi connectivity index (χ3n) is 2.83. The Morgan fingerprint density at radius 2 is 2.33 bits per heavy atom. The monoisotopic (exact) mass is 263 g/mol. The summed E-state index contributed by atoms with van der Waals surface area (Å²) in [6, 6.07) is 1.35. The van der Waals surface area contributed by atoms with Gasteiger partial charge in [-0.1, -0.05) is 0 Å². The van der Waals surface area contributed by atoms with E-state index in [1.807, 2.05) is 0 Å². The molecule has 0 saturated carbocycles. The number of nitrogens with one attached hydrogen (secondary N) is 1. The predicted molar refractivity (Wildman–Crippen MR) is 66.3 cm³/mol. The van der Waals surface area contributed by atoms with Gasteiger partial charge in [-0.2, -0.15) is 0 Å². The van der Waals surface area contributed by atoms with E-state index in [-0.39, 0.29) is 5.56 Å². The molecule has 2 aromatic rings. The standard InChI is InChI=1S/C12H10FN3OS/c13-8-6-14-5-4-7(8)11(17)16-12-15-9-2-1-3-10(9)18-12/h4-6H,1-3H2,(H,15,16,17). The lowest BCUT2D eigenvalue weighted by Gasteiger charge is -2.02. The van der Waals surface area contributed by atoms with Gasteiger partial charge >= 0.3 is 0 Å². The topological polar surface area (TPSA) is 54.9 Å². The lowest BCUT2D eigenvalue weighted by atomic mass is 10.2. The third kappa shape index (κ3) is 1.99. The molecule has 1 N–H and O–H groups in total. The van der Waals surface area contributed by atoms with Crippen LogP contribution in [0.4, 0.5) is 9.52 Å². The number of carbonyl (C=O) groups is 1. The molecule has 0 bridgehead atoms. The molecule has 0 radical (unpaired) electrons. The van der Waals surface area contributed by atoms with Gasteiger partial charge in [-0.15, -0.1) is 11.3 Å². The van der Waals surface area contributed by atoms with E-state index in [2.05, 4.69) is 15.3 Å². The van der Waals surface area contributed by atoms with Crippen molar-refractivity contribution in [2.75, 3.05) is 5.32 Å². The van der Waals surface area contributed by atoms with Crippen molar-refractivity contribution in [1.82, 2.24) is 9.97 Å². The molecule has 1 aliphatic rings. The van der Waals surface area contributed by atoms with E-state index in [1.165, 1.54) is 28.5 Å². The average molecular weight is 263 g/mol. The maximum atomic E-state index is 13.4. The number of pyridine rings is 1. The summed E-state index contributed by atoms with van der Waals surface area (Å²) in [7, 11) is 0. The highest BCUT2D eigenvalue weighted by molar-refractivity contribution is 7.15. The largest absolute Gasteiger partial charge is 0.298 e. The molecule has 2 heterocycles. The van der Waals surface area contributed by atoms with E-state index in [0.717, 1.165) is 31.2 Å². The number of hydrogen-bond donors (Lipinski definition) is 1. The summed E-state index contributed by atoms with van der Waals surface area (Å²) in [6.45, 7) is 0. The molecule has 18 heavy (non-hydrogen) atoms. The average Bonchev–Trinajstić information content (AvgIpc) is 2.90. The molecular weight excluding hydrogens is 253 g/mol. The summed E-state index contributed by atoms with van der Waals surface area (Å²) in [5, 5.41) is 3.17. The number of halogens is 1. The second-order valence-electron chi connectivity index (χ2n) is 4.05. The molecular formula is C12H10FN3OS. The number of nitrogens with zero attached hydrogens (tertiary/aromatic N) is 2. The number of hydrogen-bond acceptors (Lipinski definition) is 4. The van der Waals surface area contributed by atoms with Gasteiger partial charge < -0.3 is 0 Å². The maximum Gasteiger partial charge on any atom is 0.260 e. The maximum absolute atomic E-state index is 13.4. The van der Waals surface area contributed by atoms with Crippen LogP contribution in [-0.4, -0.2) is 15.9 Å². The van der Waals surface area contributed by atoms with Crippen LogP contribution in [0.3, 0.4) is 0 Å². The first-order chi connectivity index (χ1) is 8.74. The fraction of sp³-hybridized carbons (Fsp3) is 0.250. The van der Waals surface area contributed by atoms with Gasteiger partial charge in [0.15, 0.2) is 10.9 Å². The van der Waals surface area contributed by atoms with Gasteiger partial charge in [0.2, 0.25) is 0 Å². The summed E-state index contributed by atoms with van der Waals surface area (Å²) in [5.74, 6) is -1.11. The SMILES string of the molecule is O=C(Nc1nc2c(s1)CCC2)c1ccncc1F. The van der Waals surface area contributed by atoms with Crippen LogP contribution in [0.25, 0.3) is 0 Å². The van der Waals surface area contributed by atoms with Crippen LogP contribution in [0.1, 0.15) is 27.3 Å². The second-order valence-corrected chi connectivity index (χ2v) is 5.14. The van der Waals surface area contributed by atoms with E-state index in [9.17, 15) is 9.18 Å². The summed E-state index contributed by atoms with van der Waals surface area (Å²) >= 11 is 1.47. The molecule has 1 amide bonds. The quantitative estimate of drug-likeness (QED) is 0.905. The first kappa shape index (κ1) is 11.3. The number of amides is 1. The first-order valence-corrected chi connectivity index (χ1v) is 6.45. The lowest BCUT2D eigenvalue weighted by molar-refractivity contribution is 0.102. The fourth-order valence-electron chi connectivity index (χ4n) is 1.97. The van der Waals surface area contributed by atoms with Gasteiger partial charge in [0, 0.05) is 11.1 Å². The summed E-state index contributed by atoms with van der Waals surface area (Å²) in [4.78, 5) is 21.0. The van der Waals surface area contributed by atoms with Crippen molar-refractivity contribution < 1.29 is 9.18 Å². The summed E-state index contributed by atoms with van der Waals surface area (Å²) < 4.78 is 13.4. The Morgan fingerprint density at radius 1 is 1.44 bits per heavy atom. The highest BCUT2D eigenvalue weighted by Crippen LogP contribution is 2.30. The van der Waals surface area contributed by atoms with Crippen molar-refractivity contribution in [2.45, 2.75) is 19.3 Å². The molecule has 4 nitrogen and oxygen atoms in total. The highest BCUT2D eigenvalue weighted by atomic mass is 32.1. The number of anilines is 1. The number of carbonyl (C=O) groups excluding carboxylic acids is 1. The molecule has 92 valence electrons. The minimum Gasteiger partial charge on any atom is -0.298 e. The van der Waals surface area contributed by atoms with Crippen molar-refractivity contribution in [3.05, 3.63) is 40.4 Å². The van der Waals surface area contributed by atoms with E-state index in [4.69, 9.17) is 0 Å². The molecule has 6 heteroatoms. The molecule has 0 atom stereocenters. The number of fused-ring (bicyclic) bond motifs is 1. The first-order valence-electron chi connectivity index (χ1n) is 5.63. The fourth-order valence-corrected chi connectivity index (χ4v) is 3.01. The molecule has 1 aliphatic carbocycles. The van der Waals surface area contributed by atoms with E-state index >= 15 is 0 Å². The van der Waals surface area contributed by atoms with Gasteiger partial charge in [0.1, 0.15) is 0 Å². The number of rotatable bonds is 2. The van der Waals surface area contributed by atoms with Crippen LogP contribution >= 0.6 is 11.3 Å². The number of aryl methyl sites for hydroxylation is 2. The van der Waals surface area contributed by atoms with Gasteiger partial charge in [-0.05, 0) is 25.3 Å². The van der Waals surface area contributed by atoms with Gasteiger partial charge in [0.25, 0.3) is 5.91 Å². The Morgan fingerprint density at radius 3 is 3.11 bits per heavy atom. The highest BCUT2D eigenvalue weighted by Gasteiger charge is 2.19. The minimum atomic E-state index is -0.626. The van der Waals surface area contributed by atoms with Crippen molar-refractivity contribution in [3.8, 4) is 0 Å². The van der Waals surface area contributed by atoms with E-state index in [0.29, 0.717) is 5.13 Å². The Bertz CT molecular complexity index is 590. The van der Waals surface area contributed by atoms with Gasteiger partial charge in [0.05, 0.1) is 17.5 Å². The molecule has 0 aromatic carbocycles. The van der Waals surface area contributed by atoms with Crippen LogP contribution < -0.4 is 5.32 Å². The lowest BCUT2D eigenvalue weighted by Crippen LogP contribution is -2.13. The van der Waals surface area contributed by atoms with Crippen LogP contribution in [-0.2, 0) is 12.8 Å². The van der Waals surface area contributed by atoms with Crippen LogP contribution in [0, 0.1) is 5.82 Å². The van der Waals surface area contributed by atoms with Gasteiger partial charge in [-0.25, -0.2) is 9.37 Å². The predicted octanol–water partition coefficient (Wildman–Crippen LogP) is 2.42. The Hall–Kier alpha value is -1.82. The Balaban J connectivity index is 1.80. The zero-order valence-electron chi connectivity index (χ0n) is 9.44. The molecule has 0 fully saturated rings. The number of aromatic nitrogens is 2. The van der Waals surface area contributed by atoms with Crippen LogP contribution in [0.2, 0.25) is 0 Å². The van der Waals surface area contributed by atoms with Crippen LogP contribution in [0.5, 0.6) is 0 Å². The van der Waals surface area contributed by atoms with Crippen LogP contribution in [0.15, 0.2) is 18.5 Å². The zero-order chi connectivity index (χ0) is 12.5. The zero-order valence-corrected chi connectivity index (χ0v) is 10.3. The molecule has 0 unspecified atom stereocenters. The molecule has 0 aliphatic heterocycles. The summed E-state index contributed by atoms with van der Waals surface area (Å²) in [5.41, 5.74) is 1.05. The smallest absolute Gasteiger partial charge is 0.260 e. The van der Waals surface area contributed by atoms with Gasteiger partial charge in [-0.3, -0.25) is 15.1 Å². The molecule has 0 spiro atoms. The number of thiazole rings is 1. The van der Waals surface area contributed by atoms with E-state index in [1.54, 1.807) is 0 Å². The van der Waals surface area contributed by atoms with E-state index < -0.39 is 11.7 Å². The van der Waals surface area contributed by atoms with Crippen molar-refractivity contribution in [2.24, 2.45) is 0 Å². The Kier molecular flexibility index (Phi) is 2.79. The molecule has 3 rings (SSSR count). The summed E-state index contributed by atoms with van der Waals surface area (Å²) in [6.07, 6.45) is 5.52. The van der Waals surface area contributed by atoms with Crippen molar-refractivity contribution in [1.29, 1.82) is 0 Å². The minimum absolute atomic E-state index is 0.0136. The Labute approximate surface area is 107 Å². The van der Waals surface area contributed by atoms with Crippen molar-refractivity contribution in [3.63, 3.8) is 0 Å². The normalized spacial score (nSPS) is 13.4. The molecule has 2 aromatic heterocycles.